The number of nitro groups is 1. The number of methoxy groups -OCH3 is 1. The Kier molecular flexibility index (Phi) is 6.74. The number of non-ortho nitro benzene ring substituents is 1. The highest BCUT2D eigenvalue weighted by molar-refractivity contribution is 5.90. The molecule has 0 saturated heterocycles. The van der Waals surface area contributed by atoms with Crippen molar-refractivity contribution in [3.63, 3.8) is 0 Å². The summed E-state index contributed by atoms with van der Waals surface area (Å²) in [5, 5.41) is 10.8. The van der Waals surface area contributed by atoms with Gasteiger partial charge in [-0.15, -0.1) is 0 Å². The monoisotopic (exact) mass is 442 g/mol. The van der Waals surface area contributed by atoms with E-state index in [0.717, 1.165) is 29.2 Å². The first kappa shape index (κ1) is 22.3. The molecule has 0 radical (unpaired) electrons. The summed E-state index contributed by atoms with van der Waals surface area (Å²) >= 11 is 0. The van der Waals surface area contributed by atoms with E-state index >= 15 is 0 Å². The minimum atomic E-state index is -0.999. The molecule has 0 aliphatic carbocycles. The van der Waals surface area contributed by atoms with Gasteiger partial charge in [0.1, 0.15) is 17.4 Å². The first-order valence-corrected chi connectivity index (χ1v) is 9.14. The molecule has 0 unspecified atom stereocenters. The highest BCUT2D eigenvalue weighted by atomic mass is 19.1. The van der Waals surface area contributed by atoms with Gasteiger partial charge < -0.3 is 9.47 Å². The van der Waals surface area contributed by atoms with Crippen LogP contribution in [-0.2, 0) is 11.3 Å². The number of halogens is 2. The average Bonchev–Trinajstić information content (AvgIpc) is 2.78. The fraction of sp³-hybridized carbons (Fsp3) is 0.0909. The quantitative estimate of drug-likeness (QED) is 0.307. The SMILES string of the molecule is COC(=O)c1ccc(CN(C(=O)Oc2ccc([N+](=O)[O-])cc2)c2ccc(F)cc2F)cc1. The van der Waals surface area contributed by atoms with Gasteiger partial charge in [-0.1, -0.05) is 12.1 Å². The van der Waals surface area contributed by atoms with Crippen molar-refractivity contribution in [1.29, 1.82) is 0 Å². The Balaban J connectivity index is 1.88. The number of ether oxygens (including phenoxy) is 2. The lowest BCUT2D eigenvalue weighted by molar-refractivity contribution is -0.384. The molecule has 0 heterocycles. The van der Waals surface area contributed by atoms with Gasteiger partial charge in [0, 0.05) is 18.2 Å². The van der Waals surface area contributed by atoms with E-state index in [1.807, 2.05) is 0 Å². The minimum Gasteiger partial charge on any atom is -0.465 e. The van der Waals surface area contributed by atoms with Crippen molar-refractivity contribution >= 4 is 23.4 Å². The summed E-state index contributed by atoms with van der Waals surface area (Å²) in [6, 6.07) is 13.5. The maximum absolute atomic E-state index is 14.4. The van der Waals surface area contributed by atoms with Gasteiger partial charge in [0.2, 0.25) is 0 Å². The van der Waals surface area contributed by atoms with E-state index < -0.39 is 28.6 Å². The molecular formula is C22H16F2N2O6. The van der Waals surface area contributed by atoms with E-state index in [4.69, 9.17) is 4.74 Å². The fourth-order valence-electron chi connectivity index (χ4n) is 2.79. The Morgan fingerprint density at radius 1 is 1.00 bits per heavy atom. The first-order valence-electron chi connectivity index (χ1n) is 9.14. The summed E-state index contributed by atoms with van der Waals surface area (Å²) in [5.41, 5.74) is 0.360. The van der Waals surface area contributed by atoms with Crippen LogP contribution in [0.4, 0.5) is 25.0 Å². The number of rotatable bonds is 6. The Bertz CT molecular complexity index is 1150. The second-order valence-electron chi connectivity index (χ2n) is 6.49. The third-order valence-electron chi connectivity index (χ3n) is 4.39. The van der Waals surface area contributed by atoms with E-state index in [-0.39, 0.29) is 29.2 Å². The standard InChI is InChI=1S/C22H16F2N2O6/c1-31-21(27)15-4-2-14(3-5-15)13-25(20-11-6-16(23)12-19(20)24)22(28)32-18-9-7-17(8-10-18)26(29)30/h2-12H,13H2,1H3. The van der Waals surface area contributed by atoms with Crippen molar-refractivity contribution in [3.8, 4) is 5.75 Å². The molecule has 164 valence electrons. The van der Waals surface area contributed by atoms with Crippen molar-refractivity contribution in [1.82, 2.24) is 0 Å². The number of hydrogen-bond acceptors (Lipinski definition) is 6. The molecule has 0 aliphatic heterocycles. The number of amides is 1. The smallest absolute Gasteiger partial charge is 0.420 e. The Labute approximate surface area is 180 Å². The van der Waals surface area contributed by atoms with E-state index in [1.54, 1.807) is 12.1 Å². The second-order valence-corrected chi connectivity index (χ2v) is 6.49. The van der Waals surface area contributed by atoms with Gasteiger partial charge in [-0.25, -0.2) is 18.4 Å². The maximum Gasteiger partial charge on any atom is 0.420 e. The molecule has 0 N–H and O–H groups in total. The Morgan fingerprint density at radius 2 is 1.66 bits per heavy atom. The van der Waals surface area contributed by atoms with Gasteiger partial charge in [0.25, 0.3) is 5.69 Å². The molecule has 0 saturated carbocycles. The molecule has 10 heteroatoms. The molecule has 1 amide bonds. The summed E-state index contributed by atoms with van der Waals surface area (Å²) in [7, 11) is 1.24. The highest BCUT2D eigenvalue weighted by Gasteiger charge is 2.23. The summed E-state index contributed by atoms with van der Waals surface area (Å²) in [5.74, 6) is -2.36. The highest BCUT2D eigenvalue weighted by Crippen LogP contribution is 2.25. The normalized spacial score (nSPS) is 10.3. The molecule has 0 aromatic heterocycles. The zero-order valence-electron chi connectivity index (χ0n) is 16.7. The number of carbonyl (C=O) groups is 2. The van der Waals surface area contributed by atoms with Crippen LogP contribution < -0.4 is 9.64 Å². The molecule has 3 rings (SSSR count). The molecule has 0 atom stereocenters. The summed E-state index contributed by atoms with van der Waals surface area (Å²) in [6.45, 7) is -0.171. The molecule has 0 fully saturated rings. The van der Waals surface area contributed by atoms with Gasteiger partial charge in [-0.3, -0.25) is 15.0 Å². The van der Waals surface area contributed by atoms with E-state index in [0.29, 0.717) is 11.6 Å². The van der Waals surface area contributed by atoms with Gasteiger partial charge in [-0.05, 0) is 42.0 Å². The van der Waals surface area contributed by atoms with Crippen LogP contribution in [0.2, 0.25) is 0 Å². The number of nitro benzene ring substituents is 1. The number of esters is 1. The van der Waals surface area contributed by atoms with Crippen LogP contribution in [0.15, 0.2) is 66.7 Å². The predicted molar refractivity (Wildman–Crippen MR) is 109 cm³/mol. The number of hydrogen-bond donors (Lipinski definition) is 0. The van der Waals surface area contributed by atoms with Crippen LogP contribution in [0.25, 0.3) is 0 Å². The van der Waals surface area contributed by atoms with Crippen LogP contribution in [0, 0.1) is 21.7 Å². The molecule has 0 spiro atoms. The lowest BCUT2D eigenvalue weighted by Gasteiger charge is -2.23. The Morgan fingerprint density at radius 3 is 2.22 bits per heavy atom. The van der Waals surface area contributed by atoms with Crippen LogP contribution in [0.3, 0.4) is 0 Å². The van der Waals surface area contributed by atoms with E-state index in [2.05, 4.69) is 4.74 Å². The fourth-order valence-corrected chi connectivity index (χ4v) is 2.79. The maximum atomic E-state index is 14.4. The lowest BCUT2D eigenvalue weighted by atomic mass is 10.1. The summed E-state index contributed by atoms with van der Waals surface area (Å²) in [6.07, 6.45) is -0.999. The lowest BCUT2D eigenvalue weighted by Crippen LogP contribution is -2.33. The number of carbonyl (C=O) groups excluding carboxylic acids is 2. The topological polar surface area (TPSA) is 99.0 Å². The third kappa shape index (κ3) is 5.22. The van der Waals surface area contributed by atoms with Gasteiger partial charge in [-0.2, -0.15) is 0 Å². The zero-order valence-corrected chi connectivity index (χ0v) is 16.7. The third-order valence-corrected chi connectivity index (χ3v) is 4.39. The molecule has 32 heavy (non-hydrogen) atoms. The van der Waals surface area contributed by atoms with E-state index in [9.17, 15) is 28.5 Å². The Hall–Kier alpha value is -4.34. The van der Waals surface area contributed by atoms with Crippen LogP contribution >= 0.6 is 0 Å². The summed E-state index contributed by atoms with van der Waals surface area (Å²) < 4.78 is 37.7. The molecule has 0 aliphatic rings. The van der Waals surface area contributed by atoms with Gasteiger partial charge in [0.05, 0.1) is 29.8 Å². The van der Waals surface area contributed by atoms with Crippen molar-refractivity contribution in [2.75, 3.05) is 12.0 Å². The van der Waals surface area contributed by atoms with Crippen LogP contribution in [-0.4, -0.2) is 24.1 Å². The predicted octanol–water partition coefficient (Wildman–Crippen LogP) is 4.87. The second kappa shape index (κ2) is 9.65. The molecule has 3 aromatic carbocycles. The van der Waals surface area contributed by atoms with E-state index in [1.165, 1.54) is 31.4 Å². The minimum absolute atomic E-state index is 0.00541. The molecule has 0 bridgehead atoms. The molecule has 3 aromatic rings. The first-order chi connectivity index (χ1) is 15.3. The van der Waals surface area contributed by atoms with Crippen LogP contribution in [0.1, 0.15) is 15.9 Å². The molecular weight excluding hydrogens is 426 g/mol. The molecule has 8 nitrogen and oxygen atoms in total. The summed E-state index contributed by atoms with van der Waals surface area (Å²) in [4.78, 5) is 35.5. The van der Waals surface area contributed by atoms with Crippen molar-refractivity contribution < 1.29 is 32.8 Å². The number of benzene rings is 3. The van der Waals surface area contributed by atoms with Crippen molar-refractivity contribution in [2.45, 2.75) is 6.54 Å². The van der Waals surface area contributed by atoms with Gasteiger partial charge in [0.15, 0.2) is 0 Å². The largest absolute Gasteiger partial charge is 0.465 e. The zero-order chi connectivity index (χ0) is 23.3. The van der Waals surface area contributed by atoms with Gasteiger partial charge >= 0.3 is 12.1 Å². The van der Waals surface area contributed by atoms with Crippen LogP contribution in [0.5, 0.6) is 5.75 Å². The van der Waals surface area contributed by atoms with Crippen molar-refractivity contribution in [3.05, 3.63) is 99.6 Å². The number of anilines is 1. The number of nitrogens with zero attached hydrogens (tertiary/aromatic N) is 2. The van der Waals surface area contributed by atoms with Crippen molar-refractivity contribution in [2.24, 2.45) is 0 Å². The average molecular weight is 442 g/mol.